The minimum absolute atomic E-state index is 0.0324. The first-order valence-electron chi connectivity index (χ1n) is 6.51. The van der Waals surface area contributed by atoms with Crippen LogP contribution in [0.15, 0.2) is 17.2 Å². The van der Waals surface area contributed by atoms with Crippen molar-refractivity contribution in [2.75, 3.05) is 13.6 Å². The van der Waals surface area contributed by atoms with Gasteiger partial charge in [-0.3, -0.25) is 13.9 Å². The van der Waals surface area contributed by atoms with Crippen molar-refractivity contribution in [1.29, 1.82) is 5.26 Å². The van der Waals surface area contributed by atoms with Crippen LogP contribution in [0.5, 0.6) is 0 Å². The molecule has 1 heterocycles. The molecule has 0 saturated heterocycles. The molecule has 1 aromatic heterocycles. The summed E-state index contributed by atoms with van der Waals surface area (Å²) in [6.45, 7) is 0.835. The smallest absolute Gasteiger partial charge is 0.328 e. The molecule has 6 nitrogen and oxygen atoms in total. The van der Waals surface area contributed by atoms with Crippen LogP contribution in [0, 0.1) is 11.3 Å². The molecule has 1 aliphatic carbocycles. The minimum Gasteiger partial charge on any atom is -0.345 e. The predicted octanol–water partition coefficient (Wildman–Crippen LogP) is 0.747. The Hall–Kier alpha value is -2.03. The van der Waals surface area contributed by atoms with Gasteiger partial charge in [0.2, 0.25) is 5.91 Å². The molecule has 1 amide bonds. The third-order valence-electron chi connectivity index (χ3n) is 3.37. The zero-order chi connectivity index (χ0) is 13.8. The van der Waals surface area contributed by atoms with E-state index in [0.717, 1.165) is 12.8 Å². The molecule has 2 rings (SSSR count). The number of hydrogen-bond acceptors (Lipinski definition) is 3. The topological polar surface area (TPSA) is 71.0 Å². The summed E-state index contributed by atoms with van der Waals surface area (Å²) in [7, 11) is 1.68. The Morgan fingerprint density at radius 1 is 1.53 bits per heavy atom. The van der Waals surface area contributed by atoms with E-state index in [4.69, 9.17) is 5.26 Å². The summed E-state index contributed by atoms with van der Waals surface area (Å²) in [6, 6.07) is 2.37. The number of aryl methyl sites for hydroxylation is 1. The van der Waals surface area contributed by atoms with Gasteiger partial charge in [0, 0.05) is 45.0 Å². The maximum atomic E-state index is 12.0. The minimum atomic E-state index is -0.0404. The number of rotatable bonds is 6. The van der Waals surface area contributed by atoms with Gasteiger partial charge in [-0.15, -0.1) is 0 Å². The normalized spacial score (nSPS) is 14.1. The molecule has 0 bridgehead atoms. The van der Waals surface area contributed by atoms with E-state index in [0.29, 0.717) is 25.6 Å². The molecule has 102 valence electrons. The van der Waals surface area contributed by atoms with E-state index >= 15 is 0 Å². The van der Waals surface area contributed by atoms with E-state index in [1.807, 2.05) is 6.07 Å². The quantitative estimate of drug-likeness (QED) is 0.759. The monoisotopic (exact) mass is 262 g/mol. The van der Waals surface area contributed by atoms with Crippen LogP contribution >= 0.6 is 0 Å². The Kier molecular flexibility index (Phi) is 4.05. The first kappa shape index (κ1) is 13.4. The molecular weight excluding hydrogens is 244 g/mol. The highest BCUT2D eigenvalue weighted by atomic mass is 16.2. The van der Waals surface area contributed by atoms with Crippen LogP contribution in [0.2, 0.25) is 0 Å². The molecule has 0 N–H and O–H groups in total. The van der Waals surface area contributed by atoms with Crippen LogP contribution in [-0.2, 0) is 11.3 Å². The van der Waals surface area contributed by atoms with E-state index in [9.17, 15) is 9.59 Å². The van der Waals surface area contributed by atoms with Gasteiger partial charge in [0.15, 0.2) is 0 Å². The molecule has 0 aromatic carbocycles. The van der Waals surface area contributed by atoms with Crippen molar-refractivity contribution in [3.63, 3.8) is 0 Å². The number of carbonyl (C=O) groups is 1. The van der Waals surface area contributed by atoms with E-state index in [2.05, 4.69) is 0 Å². The van der Waals surface area contributed by atoms with Gasteiger partial charge in [-0.2, -0.15) is 5.26 Å². The Bertz CT molecular complexity index is 548. The summed E-state index contributed by atoms with van der Waals surface area (Å²) in [6.07, 6.45) is 6.29. The first-order chi connectivity index (χ1) is 9.13. The highest BCUT2D eigenvalue weighted by Gasteiger charge is 2.25. The van der Waals surface area contributed by atoms with Gasteiger partial charge in [-0.05, 0) is 12.8 Å². The van der Waals surface area contributed by atoms with Gasteiger partial charge in [-0.25, -0.2) is 4.79 Å². The number of nitrogens with zero attached hydrogens (tertiary/aromatic N) is 4. The lowest BCUT2D eigenvalue weighted by Crippen LogP contribution is -2.30. The van der Waals surface area contributed by atoms with Crippen molar-refractivity contribution in [3.8, 4) is 6.07 Å². The number of amides is 1. The summed E-state index contributed by atoms with van der Waals surface area (Å²) >= 11 is 0. The maximum Gasteiger partial charge on any atom is 0.328 e. The molecule has 0 unspecified atom stereocenters. The second-order valence-electron chi connectivity index (χ2n) is 4.89. The lowest BCUT2D eigenvalue weighted by Gasteiger charge is -2.15. The van der Waals surface area contributed by atoms with Crippen molar-refractivity contribution < 1.29 is 4.79 Å². The fourth-order valence-electron chi connectivity index (χ4n) is 1.98. The molecule has 1 aromatic rings. The van der Waals surface area contributed by atoms with Crippen molar-refractivity contribution in [3.05, 3.63) is 22.9 Å². The van der Waals surface area contributed by atoms with E-state index in [1.165, 1.54) is 4.90 Å². The summed E-state index contributed by atoms with van der Waals surface area (Å²) < 4.78 is 3.32. The Balaban J connectivity index is 1.87. The van der Waals surface area contributed by atoms with E-state index in [-0.39, 0.29) is 18.0 Å². The third-order valence-corrected chi connectivity index (χ3v) is 3.37. The Labute approximate surface area is 111 Å². The van der Waals surface area contributed by atoms with Crippen LogP contribution in [-0.4, -0.2) is 33.5 Å². The second-order valence-corrected chi connectivity index (χ2v) is 4.89. The highest BCUT2D eigenvalue weighted by molar-refractivity contribution is 5.75. The van der Waals surface area contributed by atoms with Crippen molar-refractivity contribution >= 4 is 5.91 Å². The second kappa shape index (κ2) is 5.74. The molecule has 1 fully saturated rings. The van der Waals surface area contributed by atoms with Crippen molar-refractivity contribution in [2.24, 2.45) is 0 Å². The summed E-state index contributed by atoms with van der Waals surface area (Å²) in [5, 5.41) is 8.47. The summed E-state index contributed by atoms with van der Waals surface area (Å²) in [4.78, 5) is 25.3. The molecule has 1 saturated carbocycles. The van der Waals surface area contributed by atoms with Gasteiger partial charge < -0.3 is 4.90 Å². The molecule has 0 radical (unpaired) electrons. The average Bonchev–Trinajstić information content (AvgIpc) is 3.18. The van der Waals surface area contributed by atoms with E-state index in [1.54, 1.807) is 28.6 Å². The van der Waals surface area contributed by atoms with Crippen LogP contribution < -0.4 is 5.69 Å². The van der Waals surface area contributed by atoms with Gasteiger partial charge in [-0.1, -0.05) is 0 Å². The molecule has 6 heteroatoms. The lowest BCUT2D eigenvalue weighted by molar-refractivity contribution is -0.130. The maximum absolute atomic E-state index is 12.0. The molecule has 0 aliphatic heterocycles. The van der Waals surface area contributed by atoms with Crippen LogP contribution in [0.4, 0.5) is 0 Å². The summed E-state index contributed by atoms with van der Waals surface area (Å²) in [5.41, 5.74) is -0.0324. The molecular formula is C13H18N4O2. The van der Waals surface area contributed by atoms with Gasteiger partial charge in [0.25, 0.3) is 0 Å². The Morgan fingerprint density at radius 3 is 2.89 bits per heavy atom. The lowest BCUT2D eigenvalue weighted by atomic mass is 10.3. The van der Waals surface area contributed by atoms with Crippen LogP contribution in [0.25, 0.3) is 0 Å². The highest BCUT2D eigenvalue weighted by Crippen LogP contribution is 2.33. The zero-order valence-electron chi connectivity index (χ0n) is 11.1. The average molecular weight is 262 g/mol. The number of hydrogen-bond donors (Lipinski definition) is 0. The predicted molar refractivity (Wildman–Crippen MR) is 69.4 cm³/mol. The first-order valence-corrected chi connectivity index (χ1v) is 6.51. The fourth-order valence-corrected chi connectivity index (χ4v) is 1.98. The zero-order valence-corrected chi connectivity index (χ0v) is 11.1. The van der Waals surface area contributed by atoms with Crippen LogP contribution in [0.3, 0.4) is 0 Å². The standard InChI is InChI=1S/C13H18N4O2/c1-15(7-2-6-14)12(18)5-8-16-9-10-17(13(16)19)11-3-4-11/h9-11H,2-5,7-8H2,1H3. The van der Waals surface area contributed by atoms with Crippen molar-refractivity contribution in [2.45, 2.75) is 38.3 Å². The van der Waals surface area contributed by atoms with Crippen molar-refractivity contribution in [1.82, 2.24) is 14.0 Å². The van der Waals surface area contributed by atoms with E-state index < -0.39 is 0 Å². The number of nitriles is 1. The molecule has 0 spiro atoms. The van der Waals surface area contributed by atoms with Gasteiger partial charge >= 0.3 is 5.69 Å². The van der Waals surface area contributed by atoms with Crippen LogP contribution in [0.1, 0.15) is 31.7 Å². The largest absolute Gasteiger partial charge is 0.345 e. The number of aromatic nitrogens is 2. The molecule has 1 aliphatic rings. The number of carbonyl (C=O) groups excluding carboxylic acids is 1. The van der Waals surface area contributed by atoms with Gasteiger partial charge in [0.1, 0.15) is 0 Å². The molecule has 0 atom stereocenters. The third kappa shape index (κ3) is 3.25. The van der Waals surface area contributed by atoms with Gasteiger partial charge in [0.05, 0.1) is 12.5 Å². The summed E-state index contributed by atoms with van der Waals surface area (Å²) in [5.74, 6) is -0.0404. The Morgan fingerprint density at radius 2 is 2.26 bits per heavy atom. The fraction of sp³-hybridized carbons (Fsp3) is 0.615. The molecule has 19 heavy (non-hydrogen) atoms. The number of imidazole rings is 1. The SMILES string of the molecule is CN(CCC#N)C(=O)CCn1ccn(C2CC2)c1=O.